The van der Waals surface area contributed by atoms with Crippen LogP contribution in [0.3, 0.4) is 0 Å². The summed E-state index contributed by atoms with van der Waals surface area (Å²) in [6.07, 6.45) is 1.18. The molecule has 0 aromatic rings. The highest BCUT2D eigenvalue weighted by atomic mass is 32.1. The van der Waals surface area contributed by atoms with E-state index in [1.807, 2.05) is 6.92 Å². The van der Waals surface area contributed by atoms with Gasteiger partial charge in [-0.25, -0.2) is 0 Å². The molecule has 3 N–H and O–H groups in total. The number of rotatable bonds is 2. The summed E-state index contributed by atoms with van der Waals surface area (Å²) in [5, 5.41) is 0. The predicted molar refractivity (Wildman–Crippen MR) is 47.6 cm³/mol. The van der Waals surface area contributed by atoms with Gasteiger partial charge in [0, 0.05) is 6.42 Å². The molecule has 3 nitrogen and oxygen atoms in total. The summed E-state index contributed by atoms with van der Waals surface area (Å²) in [6.45, 7) is 1.89. The Morgan fingerprint density at radius 3 is 2.50 bits per heavy atom. The van der Waals surface area contributed by atoms with Gasteiger partial charge in [-0.3, -0.25) is 4.79 Å². The van der Waals surface area contributed by atoms with Crippen molar-refractivity contribution in [3.63, 3.8) is 0 Å². The molecule has 0 aliphatic rings. The molecule has 0 aromatic heterocycles. The molecule has 0 heterocycles. The molecule has 10 heavy (non-hydrogen) atoms. The van der Waals surface area contributed by atoms with E-state index in [1.165, 1.54) is 0 Å². The highest BCUT2D eigenvalue weighted by Gasteiger charge is 2.00. The normalized spacial score (nSPS) is 7.80. The topological polar surface area (TPSA) is 61.3 Å². The molecule has 0 amide bonds. The molecular formula is C5H11NO2S2. The number of carbonyl (C=O) groups is 1. The Bertz CT molecular complexity index is 127. The Balaban J connectivity index is 0. The van der Waals surface area contributed by atoms with Gasteiger partial charge in [-0.05, 0) is 18.6 Å². The van der Waals surface area contributed by atoms with Crippen molar-refractivity contribution < 1.29 is 9.53 Å². The monoisotopic (exact) mass is 181 g/mol. The third-order valence-corrected chi connectivity index (χ3v) is 0.830. The standard InChI is InChI=1S/C5H8O2S2.H3N/c1-2-3-4(6)7-5(8)9;/h2-3H2,1H3,(H,8,9);1H3. The molecule has 5 heteroatoms. The summed E-state index contributed by atoms with van der Waals surface area (Å²) in [7, 11) is 0. The van der Waals surface area contributed by atoms with Crippen LogP contribution in [0.15, 0.2) is 0 Å². The first-order valence-electron chi connectivity index (χ1n) is 2.60. The summed E-state index contributed by atoms with van der Waals surface area (Å²) in [5.74, 6) is -0.308. The minimum absolute atomic E-state index is 0. The van der Waals surface area contributed by atoms with Gasteiger partial charge in [-0.2, -0.15) is 0 Å². The molecule has 0 fully saturated rings. The minimum Gasteiger partial charge on any atom is -0.409 e. The first-order chi connectivity index (χ1) is 4.16. The van der Waals surface area contributed by atoms with E-state index in [-0.39, 0.29) is 16.5 Å². The van der Waals surface area contributed by atoms with E-state index in [9.17, 15) is 4.79 Å². The number of thiocarbonyl (C=S) groups is 1. The molecule has 0 saturated heterocycles. The van der Waals surface area contributed by atoms with Crippen molar-refractivity contribution in [3.8, 4) is 0 Å². The second-order valence-corrected chi connectivity index (χ2v) is 2.57. The van der Waals surface area contributed by atoms with E-state index in [1.54, 1.807) is 0 Å². The smallest absolute Gasteiger partial charge is 0.312 e. The fourth-order valence-corrected chi connectivity index (χ4v) is 0.547. The molecule has 0 aliphatic heterocycles. The van der Waals surface area contributed by atoms with Crippen molar-refractivity contribution in [2.45, 2.75) is 19.8 Å². The van der Waals surface area contributed by atoms with Gasteiger partial charge < -0.3 is 10.9 Å². The number of hydrogen-bond acceptors (Lipinski definition) is 4. The highest BCUT2D eigenvalue weighted by Crippen LogP contribution is 1.94. The lowest BCUT2D eigenvalue weighted by atomic mass is 10.3. The number of ether oxygens (including phenoxy) is 1. The quantitative estimate of drug-likeness (QED) is 0.387. The molecule has 60 valence electrons. The van der Waals surface area contributed by atoms with E-state index >= 15 is 0 Å². The lowest BCUT2D eigenvalue weighted by Gasteiger charge is -1.96. The van der Waals surface area contributed by atoms with Crippen LogP contribution in [0.5, 0.6) is 0 Å². The third kappa shape index (κ3) is 7.87. The maximum atomic E-state index is 10.5. The van der Waals surface area contributed by atoms with E-state index in [4.69, 9.17) is 0 Å². The van der Waals surface area contributed by atoms with E-state index in [0.29, 0.717) is 6.42 Å². The first-order valence-corrected chi connectivity index (χ1v) is 3.46. The molecule has 0 spiro atoms. The molecule has 0 radical (unpaired) electrons. The lowest BCUT2D eigenvalue weighted by Crippen LogP contribution is -2.04. The van der Waals surface area contributed by atoms with Gasteiger partial charge >= 0.3 is 5.97 Å². The Kier molecular flexibility index (Phi) is 8.75. The van der Waals surface area contributed by atoms with Crippen molar-refractivity contribution >= 4 is 35.2 Å². The number of esters is 1. The Morgan fingerprint density at radius 2 is 2.20 bits per heavy atom. The van der Waals surface area contributed by atoms with Crippen LogP contribution < -0.4 is 6.15 Å². The van der Waals surface area contributed by atoms with E-state index in [2.05, 4.69) is 29.6 Å². The lowest BCUT2D eigenvalue weighted by molar-refractivity contribution is -0.135. The average molecular weight is 181 g/mol. The van der Waals surface area contributed by atoms with Crippen molar-refractivity contribution in [2.75, 3.05) is 0 Å². The van der Waals surface area contributed by atoms with Gasteiger partial charge in [0.1, 0.15) is 0 Å². The zero-order valence-corrected chi connectivity index (χ0v) is 7.50. The zero-order valence-electron chi connectivity index (χ0n) is 5.79. The van der Waals surface area contributed by atoms with Crippen LogP contribution in [-0.2, 0) is 9.53 Å². The number of hydrogen-bond donors (Lipinski definition) is 2. The molecular weight excluding hydrogens is 170 g/mol. The number of thiol groups is 1. The van der Waals surface area contributed by atoms with Crippen molar-refractivity contribution in [3.05, 3.63) is 0 Å². The van der Waals surface area contributed by atoms with Gasteiger partial charge in [-0.1, -0.05) is 19.6 Å². The summed E-state index contributed by atoms with van der Waals surface area (Å²) in [6, 6.07) is 0. The summed E-state index contributed by atoms with van der Waals surface area (Å²) < 4.78 is 4.44. The van der Waals surface area contributed by atoms with Crippen LogP contribution in [-0.4, -0.2) is 10.4 Å². The maximum Gasteiger partial charge on any atom is 0.312 e. The second kappa shape index (κ2) is 6.98. The third-order valence-electron chi connectivity index (χ3n) is 0.655. The highest BCUT2D eigenvalue weighted by molar-refractivity contribution is 8.10. The predicted octanol–water partition coefficient (Wildman–Crippen LogP) is 1.71. The Morgan fingerprint density at radius 1 is 1.70 bits per heavy atom. The molecule has 0 atom stereocenters. The average Bonchev–Trinajstić information content (AvgIpc) is 1.63. The first kappa shape index (κ1) is 12.5. The van der Waals surface area contributed by atoms with Gasteiger partial charge in [0.25, 0.3) is 0 Å². The SMILES string of the molecule is CCCC(=O)OC(=S)S.N. The van der Waals surface area contributed by atoms with Crippen LogP contribution in [0.4, 0.5) is 0 Å². The summed E-state index contributed by atoms with van der Waals surface area (Å²) in [4.78, 5) is 10.5. The van der Waals surface area contributed by atoms with E-state index < -0.39 is 0 Å². The van der Waals surface area contributed by atoms with Gasteiger partial charge in [0.05, 0.1) is 0 Å². The molecule has 0 rings (SSSR count). The van der Waals surface area contributed by atoms with Crippen molar-refractivity contribution in [1.82, 2.24) is 6.15 Å². The van der Waals surface area contributed by atoms with Gasteiger partial charge in [-0.15, -0.1) is 0 Å². The molecule has 0 unspecified atom stereocenters. The maximum absolute atomic E-state index is 10.5. The van der Waals surface area contributed by atoms with Gasteiger partial charge in [0.2, 0.25) is 4.38 Å². The largest absolute Gasteiger partial charge is 0.409 e. The fourth-order valence-electron chi connectivity index (χ4n) is 0.353. The zero-order chi connectivity index (χ0) is 7.28. The second-order valence-electron chi connectivity index (χ2n) is 1.49. The molecule has 0 saturated carbocycles. The van der Waals surface area contributed by atoms with Crippen LogP contribution in [0, 0.1) is 0 Å². The van der Waals surface area contributed by atoms with Crippen LogP contribution >= 0.6 is 24.8 Å². The molecule has 0 aromatic carbocycles. The molecule has 0 bridgehead atoms. The van der Waals surface area contributed by atoms with Crippen molar-refractivity contribution in [2.24, 2.45) is 0 Å². The number of carbonyl (C=O) groups excluding carboxylic acids is 1. The van der Waals surface area contributed by atoms with Crippen LogP contribution in [0.25, 0.3) is 0 Å². The fraction of sp³-hybridized carbons (Fsp3) is 0.600. The summed E-state index contributed by atoms with van der Waals surface area (Å²) in [5.41, 5.74) is 0. The van der Waals surface area contributed by atoms with Crippen molar-refractivity contribution in [1.29, 1.82) is 0 Å². The summed E-state index contributed by atoms with van der Waals surface area (Å²) >= 11 is 8.03. The Labute approximate surface area is 71.1 Å². The van der Waals surface area contributed by atoms with Crippen LogP contribution in [0.1, 0.15) is 19.8 Å². The van der Waals surface area contributed by atoms with E-state index in [0.717, 1.165) is 6.42 Å². The molecule has 0 aliphatic carbocycles. The van der Waals surface area contributed by atoms with Gasteiger partial charge in [0.15, 0.2) is 0 Å². The van der Waals surface area contributed by atoms with Crippen LogP contribution in [0.2, 0.25) is 0 Å². The Hall–Kier alpha value is -0.130. The minimum atomic E-state index is -0.308.